The Morgan fingerprint density at radius 3 is 2.35 bits per heavy atom. The molecule has 0 saturated carbocycles. The maximum atomic E-state index is 13.2. The van der Waals surface area contributed by atoms with Crippen LogP contribution in [0.2, 0.25) is 0 Å². The quantitative estimate of drug-likeness (QED) is 0.855. The molecule has 0 atom stereocenters. The Morgan fingerprint density at radius 1 is 1.04 bits per heavy atom. The normalized spacial score (nSPS) is 14.1. The van der Waals surface area contributed by atoms with E-state index in [-0.39, 0.29) is 5.69 Å². The van der Waals surface area contributed by atoms with Gasteiger partial charge in [-0.3, -0.25) is 9.59 Å². The zero-order valence-corrected chi connectivity index (χ0v) is 14.4. The smallest absolute Gasteiger partial charge is 0.313 e. The Bertz CT molecular complexity index is 787. The molecule has 1 aliphatic rings. The van der Waals surface area contributed by atoms with Gasteiger partial charge >= 0.3 is 11.8 Å². The van der Waals surface area contributed by atoms with Crippen LogP contribution in [0.5, 0.6) is 5.75 Å². The van der Waals surface area contributed by atoms with E-state index in [2.05, 4.69) is 10.2 Å². The highest BCUT2D eigenvalue weighted by molar-refractivity contribution is 6.39. The molecule has 136 valence electrons. The first-order chi connectivity index (χ1) is 12.6. The van der Waals surface area contributed by atoms with Crippen LogP contribution in [-0.2, 0) is 9.59 Å². The van der Waals surface area contributed by atoms with Crippen molar-refractivity contribution in [2.75, 3.05) is 43.5 Å². The van der Waals surface area contributed by atoms with Gasteiger partial charge in [-0.05, 0) is 42.5 Å². The van der Waals surface area contributed by atoms with Gasteiger partial charge in [0.1, 0.15) is 11.6 Å². The van der Waals surface area contributed by atoms with Crippen LogP contribution in [-0.4, -0.2) is 50.0 Å². The van der Waals surface area contributed by atoms with E-state index in [0.717, 1.165) is 11.4 Å². The Labute approximate surface area is 151 Å². The molecule has 1 aliphatic heterocycles. The van der Waals surface area contributed by atoms with Crippen LogP contribution < -0.4 is 15.0 Å². The molecule has 1 heterocycles. The van der Waals surface area contributed by atoms with E-state index in [1.54, 1.807) is 7.11 Å². The second kappa shape index (κ2) is 7.86. The number of rotatable bonds is 3. The third-order valence-electron chi connectivity index (χ3n) is 4.28. The molecule has 0 unspecified atom stereocenters. The second-order valence-corrected chi connectivity index (χ2v) is 5.94. The number of nitrogens with one attached hydrogen (secondary N) is 1. The summed E-state index contributed by atoms with van der Waals surface area (Å²) in [7, 11) is 1.62. The third kappa shape index (κ3) is 4.11. The molecule has 6 nitrogen and oxygen atoms in total. The molecule has 2 amide bonds. The van der Waals surface area contributed by atoms with Crippen molar-refractivity contribution in [2.24, 2.45) is 0 Å². The second-order valence-electron chi connectivity index (χ2n) is 5.94. The van der Waals surface area contributed by atoms with Crippen LogP contribution in [0.3, 0.4) is 0 Å². The molecule has 1 fully saturated rings. The Morgan fingerprint density at radius 2 is 1.73 bits per heavy atom. The third-order valence-corrected chi connectivity index (χ3v) is 4.28. The van der Waals surface area contributed by atoms with E-state index in [9.17, 15) is 14.0 Å². The molecule has 3 rings (SSSR count). The average molecular weight is 357 g/mol. The lowest BCUT2D eigenvalue weighted by molar-refractivity contribution is -0.143. The molecule has 2 aromatic carbocycles. The van der Waals surface area contributed by atoms with E-state index in [4.69, 9.17) is 4.74 Å². The van der Waals surface area contributed by atoms with Gasteiger partial charge in [-0.15, -0.1) is 0 Å². The molecule has 0 aliphatic carbocycles. The molecule has 0 radical (unpaired) electrons. The van der Waals surface area contributed by atoms with Crippen LogP contribution in [0.4, 0.5) is 15.8 Å². The topological polar surface area (TPSA) is 61.9 Å². The van der Waals surface area contributed by atoms with E-state index in [1.807, 2.05) is 24.3 Å². The first kappa shape index (κ1) is 17.7. The summed E-state index contributed by atoms with van der Waals surface area (Å²) in [5, 5.41) is 2.44. The summed E-state index contributed by atoms with van der Waals surface area (Å²) in [5.41, 5.74) is 1.31. The van der Waals surface area contributed by atoms with Gasteiger partial charge in [0.25, 0.3) is 0 Å². The van der Waals surface area contributed by atoms with Gasteiger partial charge in [0.05, 0.1) is 7.11 Å². The van der Waals surface area contributed by atoms with Gasteiger partial charge in [0.15, 0.2) is 0 Å². The van der Waals surface area contributed by atoms with Crippen LogP contribution in [0.1, 0.15) is 0 Å². The summed E-state index contributed by atoms with van der Waals surface area (Å²) in [6.07, 6.45) is 0. The van der Waals surface area contributed by atoms with Crippen molar-refractivity contribution in [1.82, 2.24) is 4.90 Å². The highest BCUT2D eigenvalue weighted by Crippen LogP contribution is 2.20. The van der Waals surface area contributed by atoms with Gasteiger partial charge in [-0.1, -0.05) is 6.07 Å². The standard InChI is InChI=1S/C19H20FN3O3/c1-26-17-7-5-16(6-8-17)22-9-11-23(12-10-22)19(25)18(24)21-15-4-2-3-14(20)13-15/h2-8,13H,9-12H2,1H3,(H,21,24). The summed E-state index contributed by atoms with van der Waals surface area (Å²) < 4.78 is 18.3. The lowest BCUT2D eigenvalue weighted by Crippen LogP contribution is -2.51. The number of piperazine rings is 1. The molecular formula is C19H20FN3O3. The number of halogens is 1. The Balaban J connectivity index is 1.55. The van der Waals surface area contributed by atoms with Crippen molar-refractivity contribution >= 4 is 23.2 Å². The number of anilines is 2. The molecule has 7 heteroatoms. The lowest BCUT2D eigenvalue weighted by Gasteiger charge is -2.35. The van der Waals surface area contributed by atoms with Crippen molar-refractivity contribution in [1.29, 1.82) is 0 Å². The van der Waals surface area contributed by atoms with Crippen molar-refractivity contribution < 1.29 is 18.7 Å². The number of hydrogen-bond donors (Lipinski definition) is 1. The van der Waals surface area contributed by atoms with Crippen LogP contribution >= 0.6 is 0 Å². The first-order valence-electron chi connectivity index (χ1n) is 8.31. The molecule has 26 heavy (non-hydrogen) atoms. The fourth-order valence-electron chi connectivity index (χ4n) is 2.86. The molecule has 1 N–H and O–H groups in total. The number of amides is 2. The highest BCUT2D eigenvalue weighted by Gasteiger charge is 2.26. The fourth-order valence-corrected chi connectivity index (χ4v) is 2.86. The van der Waals surface area contributed by atoms with E-state index >= 15 is 0 Å². The monoisotopic (exact) mass is 357 g/mol. The number of carbonyl (C=O) groups excluding carboxylic acids is 2. The number of ether oxygens (including phenoxy) is 1. The van der Waals surface area contributed by atoms with Crippen molar-refractivity contribution in [3.63, 3.8) is 0 Å². The van der Waals surface area contributed by atoms with Gasteiger partial charge in [0, 0.05) is 37.6 Å². The number of hydrogen-bond acceptors (Lipinski definition) is 4. The number of benzene rings is 2. The lowest BCUT2D eigenvalue weighted by atomic mass is 10.2. The molecule has 2 aromatic rings. The fraction of sp³-hybridized carbons (Fsp3) is 0.263. The average Bonchev–Trinajstić information content (AvgIpc) is 2.67. The summed E-state index contributed by atoms with van der Waals surface area (Å²) in [4.78, 5) is 28.0. The van der Waals surface area contributed by atoms with Gasteiger partial charge in [-0.2, -0.15) is 0 Å². The van der Waals surface area contributed by atoms with Crippen molar-refractivity contribution in [2.45, 2.75) is 0 Å². The minimum atomic E-state index is -0.756. The molecule has 0 spiro atoms. The predicted octanol–water partition coefficient (Wildman–Crippen LogP) is 2.12. The summed E-state index contributed by atoms with van der Waals surface area (Å²) in [6.45, 7) is 2.15. The molecule has 0 aromatic heterocycles. The van der Waals surface area contributed by atoms with Gasteiger partial charge < -0.3 is 19.9 Å². The number of nitrogens with zero attached hydrogens (tertiary/aromatic N) is 2. The minimum Gasteiger partial charge on any atom is -0.497 e. The minimum absolute atomic E-state index is 0.264. The first-order valence-corrected chi connectivity index (χ1v) is 8.31. The summed E-state index contributed by atoms with van der Waals surface area (Å²) >= 11 is 0. The summed E-state index contributed by atoms with van der Waals surface area (Å²) in [5.74, 6) is -1.04. The molecule has 0 bridgehead atoms. The van der Waals surface area contributed by atoms with Crippen LogP contribution in [0.25, 0.3) is 0 Å². The van der Waals surface area contributed by atoms with Gasteiger partial charge in [-0.25, -0.2) is 4.39 Å². The number of methoxy groups -OCH3 is 1. The van der Waals surface area contributed by atoms with E-state index < -0.39 is 17.6 Å². The zero-order chi connectivity index (χ0) is 18.5. The van der Waals surface area contributed by atoms with Crippen LogP contribution in [0.15, 0.2) is 48.5 Å². The predicted molar refractivity (Wildman–Crippen MR) is 96.8 cm³/mol. The summed E-state index contributed by atoms with van der Waals surface area (Å²) in [6, 6.07) is 13.2. The van der Waals surface area contributed by atoms with Gasteiger partial charge in [0.2, 0.25) is 0 Å². The van der Waals surface area contributed by atoms with Crippen molar-refractivity contribution in [3.05, 3.63) is 54.3 Å². The SMILES string of the molecule is COc1ccc(N2CCN(C(=O)C(=O)Nc3cccc(F)c3)CC2)cc1. The maximum absolute atomic E-state index is 13.2. The van der Waals surface area contributed by atoms with Crippen molar-refractivity contribution in [3.8, 4) is 5.75 Å². The van der Waals surface area contributed by atoms with E-state index in [1.165, 1.54) is 29.2 Å². The molecule has 1 saturated heterocycles. The zero-order valence-electron chi connectivity index (χ0n) is 14.4. The molecular weight excluding hydrogens is 337 g/mol. The highest BCUT2D eigenvalue weighted by atomic mass is 19.1. The number of carbonyl (C=O) groups is 2. The largest absolute Gasteiger partial charge is 0.497 e. The maximum Gasteiger partial charge on any atom is 0.313 e. The van der Waals surface area contributed by atoms with E-state index in [0.29, 0.717) is 26.2 Å². The Kier molecular flexibility index (Phi) is 5.36. The van der Waals surface area contributed by atoms with Crippen LogP contribution in [0, 0.1) is 5.82 Å². The Hall–Kier alpha value is -3.09.